The zero-order valence-corrected chi connectivity index (χ0v) is 23.2. The summed E-state index contributed by atoms with van der Waals surface area (Å²) < 4.78 is 50.7. The van der Waals surface area contributed by atoms with Gasteiger partial charge in [0.05, 0.1) is 30.3 Å². The van der Waals surface area contributed by atoms with Gasteiger partial charge in [-0.2, -0.15) is 0 Å². The van der Waals surface area contributed by atoms with Gasteiger partial charge in [-0.3, -0.25) is 14.4 Å². The third-order valence-electron chi connectivity index (χ3n) is 9.79. The summed E-state index contributed by atoms with van der Waals surface area (Å²) in [4.78, 5) is 37.9. The Morgan fingerprint density at radius 2 is 1.89 bits per heavy atom. The molecule has 0 aromatic heterocycles. The maximum absolute atomic E-state index is 17.4. The highest BCUT2D eigenvalue weighted by Gasteiger charge is 2.80. The molecule has 1 heterocycles. The predicted molar refractivity (Wildman–Crippen MR) is 136 cm³/mol. The van der Waals surface area contributed by atoms with Crippen molar-refractivity contribution >= 4 is 29.3 Å². The third kappa shape index (κ3) is 3.58. The van der Waals surface area contributed by atoms with E-state index in [0.29, 0.717) is 0 Å². The van der Waals surface area contributed by atoms with Gasteiger partial charge in [0.1, 0.15) is 6.17 Å². The molecule has 0 aromatic carbocycles. The SMILES string of the molecule is CCOC(=O)CSCC(=O)[C@@]12OC(C)(C)O[C@@H]1C[C@H]1[C@@H]3C[C@H](F)C4=CC(=O)C=C[C@]4(C)[C@@]3(F)[C@@H](O)C[C@@]12C. The summed E-state index contributed by atoms with van der Waals surface area (Å²) in [6.07, 6.45) is -0.0835. The van der Waals surface area contributed by atoms with Crippen molar-refractivity contribution in [2.45, 2.75) is 89.3 Å². The summed E-state index contributed by atoms with van der Waals surface area (Å²) in [6, 6.07) is 0. The number of carbonyl (C=O) groups is 3. The molecule has 0 radical (unpaired) electrons. The zero-order valence-electron chi connectivity index (χ0n) is 22.4. The lowest BCUT2D eigenvalue weighted by Gasteiger charge is -2.63. The first-order chi connectivity index (χ1) is 17.7. The molecular formula is C28H36F2O7S. The van der Waals surface area contributed by atoms with Gasteiger partial charge < -0.3 is 19.3 Å². The fourth-order valence-electron chi connectivity index (χ4n) is 8.34. The fourth-order valence-corrected chi connectivity index (χ4v) is 9.09. The van der Waals surface area contributed by atoms with Gasteiger partial charge in [0.2, 0.25) is 0 Å². The van der Waals surface area contributed by atoms with Crippen LogP contribution in [0.1, 0.15) is 53.9 Å². The lowest BCUT2D eigenvalue weighted by Crippen LogP contribution is -2.71. The van der Waals surface area contributed by atoms with E-state index in [-0.39, 0.29) is 48.7 Å². The minimum Gasteiger partial charge on any atom is -0.465 e. The Morgan fingerprint density at radius 3 is 2.58 bits per heavy atom. The molecule has 0 spiro atoms. The van der Waals surface area contributed by atoms with E-state index in [2.05, 4.69) is 0 Å². The van der Waals surface area contributed by atoms with Gasteiger partial charge in [-0.15, -0.1) is 11.8 Å². The number of allylic oxidation sites excluding steroid dienone is 4. The van der Waals surface area contributed by atoms with Crippen LogP contribution in [0.15, 0.2) is 23.8 Å². The number of ketones is 2. The minimum absolute atomic E-state index is 0.00832. The van der Waals surface area contributed by atoms with Crippen molar-refractivity contribution in [3.8, 4) is 0 Å². The summed E-state index contributed by atoms with van der Waals surface area (Å²) in [5, 5.41) is 11.6. The topological polar surface area (TPSA) is 99.1 Å². The van der Waals surface area contributed by atoms with Gasteiger partial charge in [0, 0.05) is 16.7 Å². The molecule has 10 heteroatoms. The fraction of sp³-hybridized carbons (Fsp3) is 0.750. The average molecular weight is 555 g/mol. The van der Waals surface area contributed by atoms with Crippen molar-refractivity contribution in [3.63, 3.8) is 0 Å². The number of aliphatic hydroxyl groups excluding tert-OH is 1. The third-order valence-corrected chi connectivity index (χ3v) is 10.7. The molecular weight excluding hydrogens is 518 g/mol. The molecule has 0 bridgehead atoms. The second-order valence-corrected chi connectivity index (χ2v) is 13.1. The lowest BCUT2D eigenvalue weighted by atomic mass is 9.44. The van der Waals surface area contributed by atoms with Crippen LogP contribution in [0.5, 0.6) is 0 Å². The number of halogens is 2. The van der Waals surface area contributed by atoms with E-state index in [1.165, 1.54) is 12.2 Å². The summed E-state index contributed by atoms with van der Waals surface area (Å²) in [7, 11) is 0. The maximum atomic E-state index is 17.4. The Kier molecular flexibility index (Phi) is 6.57. The monoisotopic (exact) mass is 554 g/mol. The van der Waals surface area contributed by atoms with Crippen LogP contribution < -0.4 is 0 Å². The summed E-state index contributed by atoms with van der Waals surface area (Å²) in [5.74, 6) is -3.76. The predicted octanol–water partition coefficient (Wildman–Crippen LogP) is 3.67. The number of fused-ring (bicyclic) bond motifs is 7. The number of carbonyl (C=O) groups excluding carboxylic acids is 3. The van der Waals surface area contributed by atoms with Crippen LogP contribution in [-0.2, 0) is 28.6 Å². The van der Waals surface area contributed by atoms with Gasteiger partial charge in [-0.25, -0.2) is 8.78 Å². The molecule has 4 aliphatic carbocycles. The van der Waals surface area contributed by atoms with E-state index in [0.717, 1.165) is 17.8 Å². The molecule has 210 valence electrons. The van der Waals surface area contributed by atoms with Gasteiger partial charge in [0.25, 0.3) is 0 Å². The number of rotatable bonds is 6. The summed E-state index contributed by atoms with van der Waals surface area (Å²) >= 11 is 1.11. The van der Waals surface area contributed by atoms with Crippen LogP contribution in [0.3, 0.4) is 0 Å². The first-order valence-electron chi connectivity index (χ1n) is 13.3. The van der Waals surface area contributed by atoms with E-state index >= 15 is 8.78 Å². The van der Waals surface area contributed by atoms with Crippen LogP contribution in [0.2, 0.25) is 0 Å². The van der Waals surface area contributed by atoms with Crippen LogP contribution in [0.25, 0.3) is 0 Å². The van der Waals surface area contributed by atoms with Gasteiger partial charge >= 0.3 is 5.97 Å². The molecule has 1 N–H and O–H groups in total. The number of hydrogen-bond acceptors (Lipinski definition) is 8. The van der Waals surface area contributed by atoms with E-state index in [1.54, 1.807) is 27.7 Å². The Balaban J connectivity index is 1.53. The van der Waals surface area contributed by atoms with Gasteiger partial charge in [-0.1, -0.05) is 13.0 Å². The molecule has 0 unspecified atom stereocenters. The number of aliphatic hydroxyl groups is 1. The Morgan fingerprint density at radius 1 is 1.18 bits per heavy atom. The van der Waals surface area contributed by atoms with Gasteiger partial charge in [0.15, 0.2) is 28.6 Å². The van der Waals surface area contributed by atoms with Crippen molar-refractivity contribution in [2.24, 2.45) is 22.7 Å². The smallest absolute Gasteiger partial charge is 0.315 e. The minimum atomic E-state index is -2.25. The average Bonchev–Trinajstić information content (AvgIpc) is 3.23. The number of esters is 1. The Labute approximate surface area is 225 Å². The zero-order chi connectivity index (χ0) is 27.9. The molecule has 3 saturated carbocycles. The molecule has 9 atom stereocenters. The first kappa shape index (κ1) is 27.9. The van der Waals surface area contributed by atoms with E-state index in [9.17, 15) is 19.5 Å². The maximum Gasteiger partial charge on any atom is 0.315 e. The molecule has 5 rings (SSSR count). The molecule has 4 fully saturated rings. The molecule has 0 aromatic rings. The standard InChI is InChI=1S/C28H36F2O7S/c1-6-35-23(34)14-38-13-21(33)28-22(36-24(2,3)37-28)11-16-17-10-19(29)18-9-15(31)7-8-25(18,4)27(17,30)20(32)12-26(16,28)5/h7-9,16-17,19-20,22,32H,6,10-14H2,1-5H3/t16-,17-,19-,20-,22+,25-,26-,27-,28+/m0/s1. The summed E-state index contributed by atoms with van der Waals surface area (Å²) in [5.41, 5.74) is -6.25. The molecule has 1 saturated heterocycles. The van der Waals surface area contributed by atoms with Crippen molar-refractivity contribution in [3.05, 3.63) is 23.8 Å². The van der Waals surface area contributed by atoms with Crippen LogP contribution in [0, 0.1) is 22.7 Å². The quantitative estimate of drug-likeness (QED) is 0.497. The highest BCUT2D eigenvalue weighted by atomic mass is 32.2. The number of hydrogen-bond donors (Lipinski definition) is 1. The first-order valence-corrected chi connectivity index (χ1v) is 14.4. The lowest BCUT2D eigenvalue weighted by molar-refractivity contribution is -0.247. The molecule has 0 amide bonds. The molecule has 1 aliphatic heterocycles. The Bertz CT molecular complexity index is 1120. The largest absolute Gasteiger partial charge is 0.465 e. The molecule has 7 nitrogen and oxygen atoms in total. The van der Waals surface area contributed by atoms with E-state index in [4.69, 9.17) is 14.2 Å². The van der Waals surface area contributed by atoms with Crippen LogP contribution in [0.4, 0.5) is 8.78 Å². The highest BCUT2D eigenvalue weighted by Crippen LogP contribution is 2.72. The number of Topliss-reactive ketones (excluding diaryl/α,β-unsaturated/α-hetero) is 1. The Hall–Kier alpha value is -1.62. The van der Waals surface area contributed by atoms with Crippen molar-refractivity contribution in [1.29, 1.82) is 0 Å². The molecule has 5 aliphatic rings. The van der Waals surface area contributed by atoms with Crippen LogP contribution in [-0.4, -0.2) is 76.2 Å². The number of ether oxygens (including phenoxy) is 3. The van der Waals surface area contributed by atoms with Crippen molar-refractivity contribution in [1.82, 2.24) is 0 Å². The second kappa shape index (κ2) is 8.94. The highest BCUT2D eigenvalue weighted by molar-refractivity contribution is 8.00. The number of alkyl halides is 2. The van der Waals surface area contributed by atoms with Gasteiger partial charge in [-0.05, 0) is 70.6 Å². The second-order valence-electron chi connectivity index (χ2n) is 12.2. The molecule has 38 heavy (non-hydrogen) atoms. The summed E-state index contributed by atoms with van der Waals surface area (Å²) in [6.45, 7) is 8.73. The van der Waals surface area contributed by atoms with Crippen molar-refractivity contribution < 1.29 is 42.5 Å². The van der Waals surface area contributed by atoms with E-state index in [1.807, 2.05) is 6.92 Å². The number of thioether (sulfide) groups is 1. The normalized spacial score (nSPS) is 46.5. The van der Waals surface area contributed by atoms with E-state index < -0.39 is 69.9 Å². The van der Waals surface area contributed by atoms with Crippen LogP contribution >= 0.6 is 11.8 Å². The van der Waals surface area contributed by atoms with Crippen molar-refractivity contribution in [2.75, 3.05) is 18.1 Å².